The number of carbonyl (C=O) groups excluding carboxylic acids is 1. The molecule has 2 saturated heterocycles. The normalized spacial score (nSPS) is 26.4. The number of methoxy groups -OCH3 is 1. The average molecular weight is 415 g/mol. The van der Waals surface area contributed by atoms with Crippen LogP contribution in [0.5, 0.6) is 11.5 Å². The summed E-state index contributed by atoms with van der Waals surface area (Å²) in [4.78, 5) is 20.2. The molecule has 4 unspecified atom stereocenters. The van der Waals surface area contributed by atoms with Gasteiger partial charge in [-0.05, 0) is 24.3 Å². The van der Waals surface area contributed by atoms with Gasteiger partial charge in [0.2, 0.25) is 12.7 Å². The topological polar surface area (TPSA) is 110 Å². The van der Waals surface area contributed by atoms with E-state index in [4.69, 9.17) is 23.7 Å². The Balaban J connectivity index is 1.25. The summed E-state index contributed by atoms with van der Waals surface area (Å²) in [7, 11) is 1.32. The van der Waals surface area contributed by atoms with E-state index < -0.39 is 5.97 Å². The van der Waals surface area contributed by atoms with Gasteiger partial charge in [-0.1, -0.05) is 0 Å². The summed E-state index contributed by atoms with van der Waals surface area (Å²) >= 11 is 0. The molecule has 2 aromatic rings. The standard InChI is InChI=1S/C20H21N3O7/c1-25-17(24)9-26-16-8-28-18-13(7-27-19(16)18)23-20-21-5-4-12(22-20)11-2-3-14-15(6-11)30-10-29-14/h2-6,13,16,18-19H,7-10H2,1H3,(H,21,22,23). The molecule has 1 aromatic heterocycles. The highest BCUT2D eigenvalue weighted by Crippen LogP contribution is 2.35. The van der Waals surface area contributed by atoms with Crippen molar-refractivity contribution in [1.82, 2.24) is 9.97 Å². The van der Waals surface area contributed by atoms with E-state index in [0.29, 0.717) is 24.9 Å². The van der Waals surface area contributed by atoms with Crippen LogP contribution in [0, 0.1) is 0 Å². The molecule has 0 spiro atoms. The maximum absolute atomic E-state index is 11.3. The van der Waals surface area contributed by atoms with Crippen molar-refractivity contribution >= 4 is 11.9 Å². The van der Waals surface area contributed by atoms with Crippen molar-refractivity contribution in [1.29, 1.82) is 0 Å². The summed E-state index contributed by atoms with van der Waals surface area (Å²) in [5.74, 6) is 1.47. The van der Waals surface area contributed by atoms with Crippen molar-refractivity contribution in [2.45, 2.75) is 24.4 Å². The number of aromatic nitrogens is 2. The Kier molecular flexibility index (Phi) is 5.11. The van der Waals surface area contributed by atoms with Gasteiger partial charge in [-0.25, -0.2) is 14.8 Å². The van der Waals surface area contributed by atoms with Crippen LogP contribution in [0.4, 0.5) is 5.95 Å². The first-order valence-corrected chi connectivity index (χ1v) is 9.62. The van der Waals surface area contributed by atoms with Crippen LogP contribution in [0.25, 0.3) is 11.3 Å². The van der Waals surface area contributed by atoms with Crippen LogP contribution in [0.15, 0.2) is 30.5 Å². The van der Waals surface area contributed by atoms with Crippen LogP contribution in [0.1, 0.15) is 0 Å². The molecule has 1 N–H and O–H groups in total. The predicted octanol–water partition coefficient (Wildman–Crippen LogP) is 1.01. The fraction of sp³-hybridized carbons (Fsp3) is 0.450. The van der Waals surface area contributed by atoms with Gasteiger partial charge < -0.3 is 33.7 Å². The van der Waals surface area contributed by atoms with E-state index in [1.807, 2.05) is 24.3 Å². The van der Waals surface area contributed by atoms with Crippen molar-refractivity contribution in [2.24, 2.45) is 0 Å². The van der Waals surface area contributed by atoms with Gasteiger partial charge in [0.05, 0.1) is 32.1 Å². The molecular formula is C20H21N3O7. The Labute approximate surface area is 172 Å². The maximum atomic E-state index is 11.3. The lowest BCUT2D eigenvalue weighted by atomic mass is 10.1. The van der Waals surface area contributed by atoms with E-state index in [-0.39, 0.29) is 37.8 Å². The number of nitrogens with one attached hydrogen (secondary N) is 1. The molecule has 0 radical (unpaired) electrons. The summed E-state index contributed by atoms with van der Waals surface area (Å²) in [5.41, 5.74) is 1.66. The molecule has 0 amide bonds. The molecule has 3 aliphatic rings. The second kappa shape index (κ2) is 8.05. The highest BCUT2D eigenvalue weighted by molar-refractivity contribution is 5.70. The van der Waals surface area contributed by atoms with Crippen LogP contribution in [-0.2, 0) is 23.7 Å². The third-order valence-corrected chi connectivity index (χ3v) is 5.29. The number of esters is 1. The minimum absolute atomic E-state index is 0.129. The molecule has 5 rings (SSSR count). The van der Waals surface area contributed by atoms with Gasteiger partial charge in [0.1, 0.15) is 24.9 Å². The van der Waals surface area contributed by atoms with Crippen LogP contribution in [0.3, 0.4) is 0 Å². The summed E-state index contributed by atoms with van der Waals surface area (Å²) < 4.78 is 32.7. The Morgan fingerprint density at radius 3 is 2.93 bits per heavy atom. The van der Waals surface area contributed by atoms with E-state index in [1.165, 1.54) is 7.11 Å². The van der Waals surface area contributed by atoms with E-state index >= 15 is 0 Å². The molecule has 10 heteroatoms. The predicted molar refractivity (Wildman–Crippen MR) is 102 cm³/mol. The highest BCUT2D eigenvalue weighted by atomic mass is 16.7. The first-order chi connectivity index (χ1) is 14.7. The zero-order valence-electron chi connectivity index (χ0n) is 16.3. The molecule has 4 atom stereocenters. The lowest BCUT2D eigenvalue weighted by Crippen LogP contribution is -2.37. The van der Waals surface area contributed by atoms with E-state index in [9.17, 15) is 4.79 Å². The van der Waals surface area contributed by atoms with Gasteiger partial charge in [0.15, 0.2) is 11.5 Å². The van der Waals surface area contributed by atoms with Crippen molar-refractivity contribution < 1.29 is 33.2 Å². The van der Waals surface area contributed by atoms with Gasteiger partial charge in [-0.3, -0.25) is 0 Å². The Morgan fingerprint density at radius 2 is 2.03 bits per heavy atom. The van der Waals surface area contributed by atoms with Crippen LogP contribution in [0.2, 0.25) is 0 Å². The molecule has 3 aliphatic heterocycles. The maximum Gasteiger partial charge on any atom is 0.331 e. The van der Waals surface area contributed by atoms with Crippen molar-refractivity contribution in [2.75, 3.05) is 39.0 Å². The monoisotopic (exact) mass is 415 g/mol. The molecular weight excluding hydrogens is 394 g/mol. The average Bonchev–Trinajstić information content (AvgIpc) is 3.49. The largest absolute Gasteiger partial charge is 0.467 e. The summed E-state index contributed by atoms with van der Waals surface area (Å²) in [6.45, 7) is 0.869. The van der Waals surface area contributed by atoms with Gasteiger partial charge >= 0.3 is 5.97 Å². The summed E-state index contributed by atoms with van der Waals surface area (Å²) in [6, 6.07) is 7.39. The van der Waals surface area contributed by atoms with Gasteiger partial charge in [-0.2, -0.15) is 0 Å². The summed E-state index contributed by atoms with van der Waals surface area (Å²) in [5, 5.41) is 3.30. The first-order valence-electron chi connectivity index (χ1n) is 9.62. The van der Waals surface area contributed by atoms with Crippen molar-refractivity contribution in [3.8, 4) is 22.8 Å². The zero-order chi connectivity index (χ0) is 20.5. The minimum atomic E-state index is -0.431. The lowest BCUT2D eigenvalue weighted by molar-refractivity contribution is -0.149. The zero-order valence-corrected chi connectivity index (χ0v) is 16.3. The van der Waals surface area contributed by atoms with Crippen LogP contribution < -0.4 is 14.8 Å². The number of nitrogens with zero attached hydrogens (tertiary/aromatic N) is 2. The van der Waals surface area contributed by atoms with Gasteiger partial charge in [0.25, 0.3) is 0 Å². The third kappa shape index (κ3) is 3.64. The van der Waals surface area contributed by atoms with Crippen molar-refractivity contribution in [3.05, 3.63) is 30.5 Å². The van der Waals surface area contributed by atoms with Crippen LogP contribution in [-0.4, -0.2) is 74.0 Å². The summed E-state index contributed by atoms with van der Waals surface area (Å²) in [6.07, 6.45) is 0.900. The Morgan fingerprint density at radius 1 is 1.17 bits per heavy atom. The van der Waals surface area contributed by atoms with Crippen molar-refractivity contribution in [3.63, 3.8) is 0 Å². The molecule has 0 bridgehead atoms. The number of anilines is 1. The van der Waals surface area contributed by atoms with E-state index in [1.54, 1.807) is 6.20 Å². The SMILES string of the molecule is COC(=O)COC1COC2C(Nc3nccc(-c4ccc5c(c4)OCO5)n3)COC12. The van der Waals surface area contributed by atoms with E-state index in [2.05, 4.69) is 20.0 Å². The number of fused-ring (bicyclic) bond motifs is 2. The number of carbonyl (C=O) groups is 1. The second-order valence-electron chi connectivity index (χ2n) is 7.11. The number of rotatable bonds is 6. The molecule has 0 saturated carbocycles. The second-order valence-corrected chi connectivity index (χ2v) is 7.11. The number of hydrogen-bond donors (Lipinski definition) is 1. The molecule has 0 aliphatic carbocycles. The minimum Gasteiger partial charge on any atom is -0.467 e. The third-order valence-electron chi connectivity index (χ3n) is 5.29. The number of hydrogen-bond acceptors (Lipinski definition) is 10. The molecule has 30 heavy (non-hydrogen) atoms. The lowest BCUT2D eigenvalue weighted by Gasteiger charge is -2.18. The molecule has 158 valence electrons. The fourth-order valence-electron chi connectivity index (χ4n) is 3.78. The molecule has 1 aromatic carbocycles. The molecule has 4 heterocycles. The Bertz CT molecular complexity index is 940. The van der Waals surface area contributed by atoms with E-state index in [0.717, 1.165) is 17.0 Å². The highest BCUT2D eigenvalue weighted by Gasteiger charge is 2.48. The van der Waals surface area contributed by atoms with Gasteiger partial charge in [0, 0.05) is 11.8 Å². The van der Waals surface area contributed by atoms with Crippen LogP contribution >= 0.6 is 0 Å². The Hall–Kier alpha value is -2.95. The fourth-order valence-corrected chi connectivity index (χ4v) is 3.78. The molecule has 10 nitrogen and oxygen atoms in total. The number of benzene rings is 1. The smallest absolute Gasteiger partial charge is 0.331 e. The van der Waals surface area contributed by atoms with Gasteiger partial charge in [-0.15, -0.1) is 0 Å². The first kappa shape index (κ1) is 19.0. The quantitative estimate of drug-likeness (QED) is 0.686. The number of ether oxygens (including phenoxy) is 6. The molecule has 2 fully saturated rings.